The number of aryl methyl sites for hydroxylation is 1. The highest BCUT2D eigenvalue weighted by atomic mass is 32.2. The molecule has 2 N–H and O–H groups in total. The van der Waals surface area contributed by atoms with Gasteiger partial charge in [0.2, 0.25) is 5.91 Å². The van der Waals surface area contributed by atoms with Crippen LogP contribution in [-0.2, 0) is 14.8 Å². The number of carbonyl (C=O) groups is 1. The second kappa shape index (κ2) is 8.70. The number of sulfonamides is 1. The summed E-state index contributed by atoms with van der Waals surface area (Å²) in [6, 6.07) is 18.7. The van der Waals surface area contributed by atoms with E-state index in [1.54, 1.807) is 61.5 Å². The Hall–Kier alpha value is -3.45. The van der Waals surface area contributed by atoms with Crippen LogP contribution in [0.5, 0.6) is 0 Å². The zero-order chi connectivity index (χ0) is 20.9. The summed E-state index contributed by atoms with van der Waals surface area (Å²) in [4.78, 5) is 12.3. The molecule has 7 heteroatoms. The molecule has 0 aliphatic carbocycles. The van der Waals surface area contributed by atoms with Crippen molar-refractivity contribution in [3.05, 3.63) is 95.8 Å². The van der Waals surface area contributed by atoms with Crippen molar-refractivity contribution in [2.75, 3.05) is 10.0 Å². The summed E-state index contributed by atoms with van der Waals surface area (Å²) in [6.07, 6.45) is 2.88. The number of hydrogen-bond donors (Lipinski definition) is 2. The fraction of sp³-hybridized carbons (Fsp3) is 0.0455. The highest BCUT2D eigenvalue weighted by Crippen LogP contribution is 2.23. The molecule has 0 saturated carbocycles. The first-order valence-corrected chi connectivity index (χ1v) is 10.2. The molecule has 0 saturated heterocycles. The summed E-state index contributed by atoms with van der Waals surface area (Å²) in [5.74, 6) is -0.744. The number of amides is 1. The number of hydrogen-bond acceptors (Lipinski definition) is 3. The maximum Gasteiger partial charge on any atom is 0.261 e. The van der Waals surface area contributed by atoms with Crippen molar-refractivity contribution >= 4 is 33.4 Å². The fourth-order valence-electron chi connectivity index (χ4n) is 2.54. The summed E-state index contributed by atoms with van der Waals surface area (Å²) >= 11 is 0. The van der Waals surface area contributed by atoms with Crippen LogP contribution < -0.4 is 10.0 Å². The molecule has 0 radical (unpaired) electrons. The second-order valence-electron chi connectivity index (χ2n) is 6.32. The van der Waals surface area contributed by atoms with Crippen LogP contribution in [0.15, 0.2) is 83.8 Å². The number of nitrogens with one attached hydrogen (secondary N) is 2. The van der Waals surface area contributed by atoms with Crippen molar-refractivity contribution in [3.63, 3.8) is 0 Å². The van der Waals surface area contributed by atoms with Gasteiger partial charge in [-0.3, -0.25) is 9.52 Å². The molecule has 3 aromatic carbocycles. The molecule has 3 aromatic rings. The molecule has 5 nitrogen and oxygen atoms in total. The number of rotatable bonds is 6. The number of halogens is 1. The standard InChI is InChI=1S/C22H19FN2O3S/c1-16-7-13-19(24-22(26)14-10-17-8-11-18(23)12-9-17)15-21(16)25-29(27,28)20-5-3-2-4-6-20/h2-15,25H,1H3,(H,24,26)/b14-10+. The van der Waals surface area contributed by atoms with Gasteiger partial charge in [-0.05, 0) is 60.5 Å². The minimum atomic E-state index is -3.74. The van der Waals surface area contributed by atoms with E-state index in [1.807, 2.05) is 0 Å². The molecular weight excluding hydrogens is 391 g/mol. The average Bonchev–Trinajstić information content (AvgIpc) is 2.70. The van der Waals surface area contributed by atoms with Crippen LogP contribution in [0.25, 0.3) is 6.08 Å². The molecule has 0 fully saturated rings. The predicted molar refractivity (Wildman–Crippen MR) is 112 cm³/mol. The minimum absolute atomic E-state index is 0.149. The van der Waals surface area contributed by atoms with Crippen LogP contribution in [0, 0.1) is 12.7 Å². The molecule has 0 atom stereocenters. The first-order valence-electron chi connectivity index (χ1n) is 8.77. The summed E-state index contributed by atoms with van der Waals surface area (Å²) in [5.41, 5.74) is 2.20. The summed E-state index contributed by atoms with van der Waals surface area (Å²) < 4.78 is 40.5. The van der Waals surface area contributed by atoms with Crippen molar-refractivity contribution in [2.45, 2.75) is 11.8 Å². The largest absolute Gasteiger partial charge is 0.322 e. The average molecular weight is 410 g/mol. The monoisotopic (exact) mass is 410 g/mol. The fourth-order valence-corrected chi connectivity index (χ4v) is 3.69. The third-order valence-corrected chi connectivity index (χ3v) is 5.48. The lowest BCUT2D eigenvalue weighted by Gasteiger charge is -2.12. The van der Waals surface area contributed by atoms with Gasteiger partial charge in [0.15, 0.2) is 0 Å². The van der Waals surface area contributed by atoms with Gasteiger partial charge in [0.1, 0.15) is 5.82 Å². The van der Waals surface area contributed by atoms with E-state index in [2.05, 4.69) is 10.0 Å². The topological polar surface area (TPSA) is 75.3 Å². The van der Waals surface area contributed by atoms with Gasteiger partial charge in [-0.1, -0.05) is 36.4 Å². The van der Waals surface area contributed by atoms with Crippen LogP contribution in [-0.4, -0.2) is 14.3 Å². The number of anilines is 2. The highest BCUT2D eigenvalue weighted by molar-refractivity contribution is 7.92. The van der Waals surface area contributed by atoms with E-state index in [1.165, 1.54) is 30.3 Å². The molecule has 0 aliphatic heterocycles. The molecule has 3 rings (SSSR count). The van der Waals surface area contributed by atoms with Crippen LogP contribution in [0.2, 0.25) is 0 Å². The van der Waals surface area contributed by atoms with Crippen molar-refractivity contribution in [3.8, 4) is 0 Å². The van der Waals surface area contributed by atoms with E-state index in [-0.39, 0.29) is 10.7 Å². The molecule has 0 aliphatic rings. The molecular formula is C22H19FN2O3S. The Kier molecular flexibility index (Phi) is 6.09. The normalized spacial score (nSPS) is 11.4. The van der Waals surface area contributed by atoms with Crippen LogP contribution in [0.1, 0.15) is 11.1 Å². The molecule has 29 heavy (non-hydrogen) atoms. The molecule has 0 spiro atoms. The summed E-state index contributed by atoms with van der Waals surface area (Å²) in [6.45, 7) is 1.77. The van der Waals surface area contributed by atoms with Crippen molar-refractivity contribution in [1.82, 2.24) is 0 Å². The zero-order valence-corrected chi connectivity index (χ0v) is 16.4. The first-order chi connectivity index (χ1) is 13.8. The van der Waals surface area contributed by atoms with Gasteiger partial charge < -0.3 is 5.32 Å². The first kappa shape index (κ1) is 20.3. The molecule has 0 bridgehead atoms. The maximum atomic E-state index is 12.9. The lowest BCUT2D eigenvalue weighted by Crippen LogP contribution is -2.14. The number of benzene rings is 3. The van der Waals surface area contributed by atoms with Gasteiger partial charge in [0, 0.05) is 11.8 Å². The minimum Gasteiger partial charge on any atom is -0.322 e. The Labute approximate surface area is 169 Å². The smallest absolute Gasteiger partial charge is 0.261 e. The van der Waals surface area contributed by atoms with Crippen LogP contribution in [0.3, 0.4) is 0 Å². The lowest BCUT2D eigenvalue weighted by atomic mass is 10.2. The quantitative estimate of drug-likeness (QED) is 0.584. The van der Waals surface area contributed by atoms with Gasteiger partial charge in [-0.2, -0.15) is 0 Å². The van der Waals surface area contributed by atoms with Crippen LogP contribution >= 0.6 is 0 Å². The Morgan fingerprint density at radius 2 is 1.66 bits per heavy atom. The third-order valence-electron chi connectivity index (χ3n) is 4.10. The zero-order valence-electron chi connectivity index (χ0n) is 15.6. The Balaban J connectivity index is 1.73. The third kappa shape index (κ3) is 5.52. The maximum absolute atomic E-state index is 12.9. The lowest BCUT2D eigenvalue weighted by molar-refractivity contribution is -0.111. The highest BCUT2D eigenvalue weighted by Gasteiger charge is 2.15. The molecule has 0 heterocycles. The van der Waals surface area contributed by atoms with Gasteiger partial charge in [0.25, 0.3) is 10.0 Å². The molecule has 148 valence electrons. The van der Waals surface area contributed by atoms with Gasteiger partial charge >= 0.3 is 0 Å². The summed E-state index contributed by atoms with van der Waals surface area (Å²) in [5, 5.41) is 2.68. The SMILES string of the molecule is Cc1ccc(NC(=O)/C=C/c2ccc(F)cc2)cc1NS(=O)(=O)c1ccccc1. The number of carbonyl (C=O) groups excluding carboxylic acids is 1. The molecule has 1 amide bonds. The van der Waals surface area contributed by atoms with Crippen molar-refractivity contribution < 1.29 is 17.6 Å². The van der Waals surface area contributed by atoms with E-state index in [0.717, 1.165) is 0 Å². The van der Waals surface area contributed by atoms with E-state index >= 15 is 0 Å². The van der Waals surface area contributed by atoms with E-state index < -0.39 is 15.9 Å². The van der Waals surface area contributed by atoms with Gasteiger partial charge in [-0.15, -0.1) is 0 Å². The molecule has 0 aromatic heterocycles. The van der Waals surface area contributed by atoms with E-state index in [9.17, 15) is 17.6 Å². The predicted octanol–water partition coefficient (Wildman–Crippen LogP) is 4.59. The van der Waals surface area contributed by atoms with Crippen molar-refractivity contribution in [2.24, 2.45) is 0 Å². The molecule has 0 unspecified atom stereocenters. The second-order valence-corrected chi connectivity index (χ2v) is 8.00. The Bertz CT molecular complexity index is 1140. The van der Waals surface area contributed by atoms with Gasteiger partial charge in [0.05, 0.1) is 10.6 Å². The van der Waals surface area contributed by atoms with E-state index in [0.29, 0.717) is 22.5 Å². The Morgan fingerprint density at radius 1 is 0.966 bits per heavy atom. The van der Waals surface area contributed by atoms with Gasteiger partial charge in [-0.25, -0.2) is 12.8 Å². The van der Waals surface area contributed by atoms with E-state index in [4.69, 9.17) is 0 Å². The van der Waals surface area contributed by atoms with Crippen molar-refractivity contribution in [1.29, 1.82) is 0 Å². The Morgan fingerprint density at radius 3 is 2.34 bits per heavy atom. The van der Waals surface area contributed by atoms with Crippen LogP contribution in [0.4, 0.5) is 15.8 Å². The summed E-state index contributed by atoms with van der Waals surface area (Å²) in [7, 11) is -3.74.